The molecule has 134 valence electrons. The van der Waals surface area contributed by atoms with Crippen molar-refractivity contribution in [2.24, 2.45) is 0 Å². The van der Waals surface area contributed by atoms with Crippen molar-refractivity contribution >= 4 is 34.3 Å². The number of benzene rings is 2. The van der Waals surface area contributed by atoms with Crippen LogP contribution in [0.15, 0.2) is 45.6 Å². The number of aryl methyl sites for hydroxylation is 1. The number of aromatic nitrogens is 1. The Hall–Kier alpha value is -2.93. The van der Waals surface area contributed by atoms with Gasteiger partial charge in [-0.3, -0.25) is 9.36 Å². The maximum atomic E-state index is 12.3. The number of hydrogen-bond donors (Lipinski definition) is 1. The minimum absolute atomic E-state index is 0.0915. The highest BCUT2D eigenvalue weighted by molar-refractivity contribution is 6.34. The second-order valence-corrected chi connectivity index (χ2v) is 6.17. The first-order chi connectivity index (χ1) is 12.6. The molecule has 7 nitrogen and oxygen atoms in total. The summed E-state index contributed by atoms with van der Waals surface area (Å²) in [4.78, 5) is 24.2. The van der Waals surface area contributed by atoms with Gasteiger partial charge in [0.15, 0.2) is 17.1 Å². The maximum absolute atomic E-state index is 12.3. The Labute approximate surface area is 153 Å². The van der Waals surface area contributed by atoms with Crippen LogP contribution in [0, 0.1) is 0 Å². The molecule has 0 aliphatic carbocycles. The molecule has 0 bridgehead atoms. The molecule has 0 spiro atoms. The van der Waals surface area contributed by atoms with Gasteiger partial charge in [-0.2, -0.15) is 0 Å². The van der Waals surface area contributed by atoms with Crippen molar-refractivity contribution in [1.82, 2.24) is 4.57 Å². The molecule has 1 aliphatic rings. The van der Waals surface area contributed by atoms with Gasteiger partial charge >= 0.3 is 5.76 Å². The van der Waals surface area contributed by atoms with Crippen molar-refractivity contribution in [2.45, 2.75) is 13.0 Å². The minimum atomic E-state index is -0.489. The second-order valence-electron chi connectivity index (χ2n) is 5.76. The minimum Gasteiger partial charge on any atom is -0.486 e. The van der Waals surface area contributed by atoms with Crippen molar-refractivity contribution in [2.75, 3.05) is 18.5 Å². The monoisotopic (exact) mass is 374 g/mol. The summed E-state index contributed by atoms with van der Waals surface area (Å²) < 4.78 is 17.5. The third-order valence-corrected chi connectivity index (χ3v) is 4.35. The number of amides is 1. The van der Waals surface area contributed by atoms with E-state index in [2.05, 4.69) is 5.32 Å². The first-order valence-corrected chi connectivity index (χ1v) is 8.47. The average molecular weight is 375 g/mol. The molecule has 2 heterocycles. The first-order valence-electron chi connectivity index (χ1n) is 8.09. The molecule has 26 heavy (non-hydrogen) atoms. The molecule has 3 aromatic rings. The van der Waals surface area contributed by atoms with Gasteiger partial charge in [0.2, 0.25) is 5.91 Å². The lowest BCUT2D eigenvalue weighted by atomic mass is 10.2. The van der Waals surface area contributed by atoms with Gasteiger partial charge in [0, 0.05) is 25.1 Å². The number of rotatable bonds is 4. The van der Waals surface area contributed by atoms with Crippen molar-refractivity contribution in [3.8, 4) is 11.5 Å². The zero-order valence-corrected chi connectivity index (χ0v) is 14.4. The Morgan fingerprint density at radius 1 is 1.15 bits per heavy atom. The average Bonchev–Trinajstić information content (AvgIpc) is 2.95. The largest absolute Gasteiger partial charge is 0.486 e. The number of oxazole rings is 1. The highest BCUT2D eigenvalue weighted by atomic mass is 35.5. The number of halogens is 1. The summed E-state index contributed by atoms with van der Waals surface area (Å²) in [7, 11) is 0. The molecule has 0 fully saturated rings. The third kappa shape index (κ3) is 3.13. The van der Waals surface area contributed by atoms with E-state index >= 15 is 0 Å². The van der Waals surface area contributed by atoms with Crippen molar-refractivity contribution < 1.29 is 18.7 Å². The van der Waals surface area contributed by atoms with Crippen LogP contribution in [0.1, 0.15) is 6.42 Å². The second kappa shape index (κ2) is 6.76. The van der Waals surface area contributed by atoms with E-state index in [1.165, 1.54) is 4.57 Å². The fraction of sp³-hybridized carbons (Fsp3) is 0.222. The summed E-state index contributed by atoms with van der Waals surface area (Å²) in [5, 5.41) is 3.09. The van der Waals surface area contributed by atoms with Gasteiger partial charge < -0.3 is 19.2 Å². The molecule has 1 amide bonds. The van der Waals surface area contributed by atoms with E-state index in [1.807, 2.05) is 6.07 Å². The molecule has 0 saturated carbocycles. The third-order valence-electron chi connectivity index (χ3n) is 4.04. The van der Waals surface area contributed by atoms with Gasteiger partial charge in [-0.1, -0.05) is 23.7 Å². The summed E-state index contributed by atoms with van der Waals surface area (Å²) in [5.41, 5.74) is 1.58. The Morgan fingerprint density at radius 3 is 2.69 bits per heavy atom. The number of nitrogens with zero attached hydrogens (tertiary/aromatic N) is 1. The number of nitrogens with one attached hydrogen (secondary N) is 1. The summed E-state index contributed by atoms with van der Waals surface area (Å²) in [6.07, 6.45) is 0.0915. The van der Waals surface area contributed by atoms with Crippen LogP contribution in [-0.4, -0.2) is 23.7 Å². The number of carbonyl (C=O) groups is 1. The van der Waals surface area contributed by atoms with E-state index in [-0.39, 0.29) is 18.9 Å². The topological polar surface area (TPSA) is 82.7 Å². The first kappa shape index (κ1) is 16.5. The highest BCUT2D eigenvalue weighted by Crippen LogP contribution is 2.37. The lowest BCUT2D eigenvalue weighted by molar-refractivity contribution is -0.116. The van der Waals surface area contributed by atoms with E-state index < -0.39 is 5.76 Å². The zero-order chi connectivity index (χ0) is 18.1. The quantitative estimate of drug-likeness (QED) is 0.759. The predicted octanol–water partition coefficient (Wildman–Crippen LogP) is 3.05. The number of para-hydroxylation sites is 2. The maximum Gasteiger partial charge on any atom is 0.419 e. The lowest BCUT2D eigenvalue weighted by Crippen LogP contribution is -2.20. The van der Waals surface area contributed by atoms with Crippen molar-refractivity contribution in [3.63, 3.8) is 0 Å². The van der Waals surface area contributed by atoms with Crippen LogP contribution >= 0.6 is 11.6 Å². The van der Waals surface area contributed by atoms with E-state index in [0.717, 1.165) is 0 Å². The Morgan fingerprint density at radius 2 is 1.88 bits per heavy atom. The van der Waals surface area contributed by atoms with Crippen LogP contribution in [-0.2, 0) is 11.3 Å². The summed E-state index contributed by atoms with van der Waals surface area (Å²) >= 11 is 6.19. The standard InChI is InChI=1S/C18H15ClN2O5/c19-11-9-15-16(25-8-7-24-15)10-12(11)20-17(22)5-6-21-13-3-1-2-4-14(13)26-18(21)23/h1-4,9-10H,5-8H2,(H,20,22). The van der Waals surface area contributed by atoms with Gasteiger partial charge in [-0.25, -0.2) is 4.79 Å². The molecule has 0 radical (unpaired) electrons. The number of fused-ring (bicyclic) bond motifs is 2. The SMILES string of the molecule is O=C(CCn1c(=O)oc2ccccc21)Nc1cc2c(cc1Cl)OCCO2. The van der Waals surface area contributed by atoms with Gasteiger partial charge in [0.05, 0.1) is 16.2 Å². The molecule has 4 rings (SSSR count). The number of carbonyl (C=O) groups excluding carboxylic acids is 1. The smallest absolute Gasteiger partial charge is 0.419 e. The van der Waals surface area contributed by atoms with Gasteiger partial charge in [0.25, 0.3) is 0 Å². The lowest BCUT2D eigenvalue weighted by Gasteiger charge is -2.20. The molecule has 0 atom stereocenters. The van der Waals surface area contributed by atoms with Gasteiger partial charge in [-0.15, -0.1) is 0 Å². The molecule has 1 aliphatic heterocycles. The number of ether oxygens (including phenoxy) is 2. The van der Waals surface area contributed by atoms with E-state index in [9.17, 15) is 9.59 Å². The Kier molecular flexibility index (Phi) is 4.30. The Balaban J connectivity index is 1.47. The van der Waals surface area contributed by atoms with Crippen LogP contribution in [0.4, 0.5) is 5.69 Å². The van der Waals surface area contributed by atoms with Crippen LogP contribution in [0.5, 0.6) is 11.5 Å². The molecular weight excluding hydrogens is 360 g/mol. The molecule has 0 unspecified atom stereocenters. The predicted molar refractivity (Wildman–Crippen MR) is 96.2 cm³/mol. The number of hydrogen-bond acceptors (Lipinski definition) is 5. The molecule has 8 heteroatoms. The van der Waals surface area contributed by atoms with E-state index in [1.54, 1.807) is 30.3 Å². The summed E-state index contributed by atoms with van der Waals surface area (Å²) in [6.45, 7) is 1.10. The highest BCUT2D eigenvalue weighted by Gasteiger charge is 2.17. The van der Waals surface area contributed by atoms with Crippen LogP contribution in [0.2, 0.25) is 5.02 Å². The summed E-state index contributed by atoms with van der Waals surface area (Å²) in [6, 6.07) is 10.3. The number of anilines is 1. The normalized spacial score (nSPS) is 13.0. The molecular formula is C18H15ClN2O5. The molecule has 0 saturated heterocycles. The van der Waals surface area contributed by atoms with E-state index in [4.69, 9.17) is 25.5 Å². The summed E-state index contributed by atoms with van der Waals surface area (Å²) in [5.74, 6) is 0.320. The molecule has 2 aromatic carbocycles. The van der Waals surface area contributed by atoms with Crippen molar-refractivity contribution in [3.05, 3.63) is 52.0 Å². The van der Waals surface area contributed by atoms with Crippen LogP contribution in [0.3, 0.4) is 0 Å². The van der Waals surface area contributed by atoms with Gasteiger partial charge in [0.1, 0.15) is 13.2 Å². The van der Waals surface area contributed by atoms with Crippen LogP contribution < -0.4 is 20.5 Å². The fourth-order valence-corrected chi connectivity index (χ4v) is 3.01. The van der Waals surface area contributed by atoms with Crippen molar-refractivity contribution in [1.29, 1.82) is 0 Å². The van der Waals surface area contributed by atoms with Crippen LogP contribution in [0.25, 0.3) is 11.1 Å². The zero-order valence-electron chi connectivity index (χ0n) is 13.7. The molecule has 1 aromatic heterocycles. The fourth-order valence-electron chi connectivity index (χ4n) is 2.81. The Bertz CT molecular complexity index is 1040. The van der Waals surface area contributed by atoms with Gasteiger partial charge in [-0.05, 0) is 12.1 Å². The van der Waals surface area contributed by atoms with E-state index in [0.29, 0.717) is 46.5 Å². The molecule has 1 N–H and O–H groups in total.